The fourth-order valence-corrected chi connectivity index (χ4v) is 7.90. The molecule has 0 saturated carbocycles. The van der Waals surface area contributed by atoms with Gasteiger partial charge in [0.2, 0.25) is 6.40 Å². The van der Waals surface area contributed by atoms with Crippen molar-refractivity contribution in [1.82, 2.24) is 5.32 Å². The predicted molar refractivity (Wildman–Crippen MR) is 283 cm³/mol. The number of nitrogens with one attached hydrogen (secondary N) is 3. The fourth-order valence-electron chi connectivity index (χ4n) is 7.90. The molecule has 0 aliphatic rings. The zero-order valence-electron chi connectivity index (χ0n) is 41.0. The summed E-state index contributed by atoms with van der Waals surface area (Å²) in [5, 5.41) is 48.3. The highest BCUT2D eigenvalue weighted by Crippen LogP contribution is 2.39. The molecule has 3 amide bonds. The van der Waals surface area contributed by atoms with Gasteiger partial charge < -0.3 is 25.2 Å². The van der Waals surface area contributed by atoms with Crippen molar-refractivity contribution in [2.45, 2.75) is 19.0 Å². The Morgan fingerprint density at radius 3 is 1.49 bits per heavy atom. The lowest BCUT2D eigenvalue weighted by molar-refractivity contribution is -0.138. The second-order valence-corrected chi connectivity index (χ2v) is 17.4. The number of azo groups is 2. The van der Waals surface area contributed by atoms with Gasteiger partial charge in [-0.05, 0) is 132 Å². The van der Waals surface area contributed by atoms with Crippen LogP contribution in [0.1, 0.15) is 58.9 Å². The highest BCUT2D eigenvalue weighted by atomic mass is 19.4. The van der Waals surface area contributed by atoms with Crippen LogP contribution >= 0.6 is 0 Å². The van der Waals surface area contributed by atoms with Crippen LogP contribution < -0.4 is 16.1 Å². The van der Waals surface area contributed by atoms with E-state index in [-0.39, 0.29) is 58.0 Å². The number of anilines is 2. The van der Waals surface area contributed by atoms with Crippen molar-refractivity contribution in [2.75, 3.05) is 10.8 Å². The molecule has 0 radical (unpaired) electrons. The number of aromatic hydroxyl groups is 2. The first-order valence-corrected chi connectivity index (χ1v) is 23.6. The van der Waals surface area contributed by atoms with Crippen molar-refractivity contribution in [3.05, 3.63) is 226 Å². The topological polar surface area (TPSA) is 225 Å². The lowest BCUT2D eigenvalue weighted by Gasteiger charge is -2.11. The molecule has 9 aromatic rings. The molecule has 5 N–H and O–H groups in total. The number of phenolic OH excluding ortho intramolecular Hbond substituents is 2. The van der Waals surface area contributed by atoms with E-state index in [4.69, 9.17) is 9.68 Å². The van der Waals surface area contributed by atoms with E-state index in [2.05, 4.69) is 41.7 Å². The Morgan fingerprint density at radius 1 is 0.500 bits per heavy atom. The number of urea groups is 1. The van der Waals surface area contributed by atoms with E-state index in [1.165, 1.54) is 91.0 Å². The molecule has 0 aromatic heterocycles. The first-order valence-electron chi connectivity index (χ1n) is 23.6. The third-order valence-electron chi connectivity index (χ3n) is 11.9. The Morgan fingerprint density at radius 2 is 0.963 bits per heavy atom. The van der Waals surface area contributed by atoms with Crippen LogP contribution in [0.2, 0.25) is 0 Å². The molecule has 0 heterocycles. The number of carbonyl (C=O) groups is 4. The number of halogens is 6. The normalized spacial score (nSPS) is 11.8. The van der Waals surface area contributed by atoms with Gasteiger partial charge in [-0.2, -0.15) is 36.6 Å². The van der Waals surface area contributed by atoms with Crippen LogP contribution in [0.4, 0.5) is 65.3 Å². The molecule has 0 atom stereocenters. The Balaban J connectivity index is 0.770. The SMILES string of the molecule is O=C(NC(=O)c1ccc2c(N=Nc3ccc(C(=O)c4ccc(C(=O)c5ccc(N=Nc6c(O)ccc7cc(CON=CONc8cccc(C(F)(F)F)c8)ccc67)cc5)cc4)cc3)c(O)ccc2c1)Nc1cccc(C(F)(F)F)c1. The van der Waals surface area contributed by atoms with Gasteiger partial charge in [0, 0.05) is 44.3 Å². The smallest absolute Gasteiger partial charge is 0.416 e. The Bertz CT molecular complexity index is 3930. The summed E-state index contributed by atoms with van der Waals surface area (Å²) < 4.78 is 78.1. The van der Waals surface area contributed by atoms with Crippen molar-refractivity contribution >= 4 is 85.6 Å². The van der Waals surface area contributed by atoms with Gasteiger partial charge in [0.1, 0.15) is 29.5 Å². The minimum atomic E-state index is -4.63. The van der Waals surface area contributed by atoms with E-state index in [1.807, 2.05) is 0 Å². The Kier molecular flexibility index (Phi) is 15.7. The second kappa shape index (κ2) is 23.2. The number of hydrogen-bond donors (Lipinski definition) is 5. The van der Waals surface area contributed by atoms with Crippen LogP contribution in [0.25, 0.3) is 21.5 Å². The number of hydrogen-bond acceptors (Lipinski definition) is 14. The molecule has 16 nitrogen and oxygen atoms in total. The first-order chi connectivity index (χ1) is 38.4. The lowest BCUT2D eigenvalue weighted by Crippen LogP contribution is -2.34. The minimum Gasteiger partial charge on any atom is -0.506 e. The van der Waals surface area contributed by atoms with E-state index in [0.29, 0.717) is 60.7 Å². The van der Waals surface area contributed by atoms with Crippen molar-refractivity contribution in [2.24, 2.45) is 25.6 Å². The van der Waals surface area contributed by atoms with Gasteiger partial charge in [0.15, 0.2) is 11.6 Å². The maximum atomic E-state index is 13.4. The van der Waals surface area contributed by atoms with Crippen LogP contribution in [0, 0.1) is 0 Å². The highest BCUT2D eigenvalue weighted by Gasteiger charge is 2.31. The molecule has 9 rings (SSSR count). The number of alkyl halides is 6. The molecule has 80 heavy (non-hydrogen) atoms. The Labute approximate surface area is 448 Å². The monoisotopic (exact) mass is 1090 g/mol. The average Bonchev–Trinajstić information content (AvgIpc) is 3.45. The van der Waals surface area contributed by atoms with E-state index >= 15 is 0 Å². The average molecular weight is 1090 g/mol. The zero-order valence-corrected chi connectivity index (χ0v) is 41.0. The number of ketones is 2. The molecular formula is C58H38F6N8O8. The van der Waals surface area contributed by atoms with Gasteiger partial charge >= 0.3 is 18.4 Å². The van der Waals surface area contributed by atoms with Gasteiger partial charge in [-0.15, -0.1) is 10.2 Å². The van der Waals surface area contributed by atoms with Crippen LogP contribution in [0.3, 0.4) is 0 Å². The third kappa shape index (κ3) is 13.1. The summed E-state index contributed by atoms with van der Waals surface area (Å²) in [6.07, 6.45) is -8.25. The van der Waals surface area contributed by atoms with Crippen molar-refractivity contribution in [3.8, 4) is 11.5 Å². The summed E-state index contributed by atoms with van der Waals surface area (Å²) >= 11 is 0. The highest BCUT2D eigenvalue weighted by molar-refractivity contribution is 6.12. The van der Waals surface area contributed by atoms with Crippen molar-refractivity contribution < 1.29 is 65.4 Å². The summed E-state index contributed by atoms with van der Waals surface area (Å²) in [6.45, 7) is 0.0100. The van der Waals surface area contributed by atoms with Crippen LogP contribution in [0.15, 0.2) is 208 Å². The van der Waals surface area contributed by atoms with Gasteiger partial charge in [-0.3, -0.25) is 19.7 Å². The van der Waals surface area contributed by atoms with Gasteiger partial charge in [-0.1, -0.05) is 71.9 Å². The van der Waals surface area contributed by atoms with E-state index in [9.17, 15) is 55.7 Å². The number of benzene rings is 9. The molecule has 0 bridgehead atoms. The molecule has 9 aromatic carbocycles. The van der Waals surface area contributed by atoms with Crippen LogP contribution in [0.5, 0.6) is 11.5 Å². The number of rotatable bonds is 16. The summed E-state index contributed by atoms with van der Waals surface area (Å²) in [6, 6.07) is 41.4. The number of oxime groups is 1. The predicted octanol–water partition coefficient (Wildman–Crippen LogP) is 15.2. The van der Waals surface area contributed by atoms with E-state index in [1.54, 1.807) is 60.7 Å². The molecule has 0 aliphatic carbocycles. The first kappa shape index (κ1) is 54.0. The molecule has 0 spiro atoms. The summed E-state index contributed by atoms with van der Waals surface area (Å²) in [5.74, 6) is -1.86. The number of amides is 3. The molecule has 0 saturated heterocycles. The van der Waals surface area contributed by atoms with Crippen LogP contribution in [-0.4, -0.2) is 40.1 Å². The van der Waals surface area contributed by atoms with Gasteiger partial charge in [0.05, 0.1) is 28.2 Å². The molecule has 400 valence electrons. The number of phenols is 2. The Hall–Kier alpha value is -10.8. The summed E-state index contributed by atoms with van der Waals surface area (Å²) in [4.78, 5) is 62.4. The minimum absolute atomic E-state index is 0.0100. The van der Waals surface area contributed by atoms with Gasteiger partial charge in [-0.25, -0.2) is 10.3 Å². The number of nitrogens with zero attached hydrogens (tertiary/aromatic N) is 5. The number of carbonyl (C=O) groups excluding carboxylic acids is 4. The lowest BCUT2D eigenvalue weighted by atomic mass is 9.98. The zero-order chi connectivity index (χ0) is 56.6. The largest absolute Gasteiger partial charge is 0.506 e. The van der Waals surface area contributed by atoms with Crippen molar-refractivity contribution in [3.63, 3.8) is 0 Å². The third-order valence-corrected chi connectivity index (χ3v) is 11.9. The standard InChI is InChI=1S/C58H38F6N8O8/c59-57(60,61)41-3-1-5-45(29-41)66-56(78)67-55(77)40-16-24-48-39(28-40)18-26-50(74)52(48)71-69-44-21-14-37(15-22-44)54(76)35-10-8-34(9-11-35)53(75)36-12-19-43(20-13-36)68-70-51-47-23-7-33(27-38(47)17-25-49(51)73)31-79-65-32-80-72-46-6-2-4-42(30-46)58(62,63)64/h1-30,32,72-74H,31H2,(H2,66,67,77,78). The quantitative estimate of drug-likeness (QED) is 0.0155. The molecule has 22 heteroatoms. The maximum Gasteiger partial charge on any atom is 0.416 e. The molecular weight excluding hydrogens is 1050 g/mol. The van der Waals surface area contributed by atoms with E-state index in [0.717, 1.165) is 36.7 Å². The fraction of sp³-hybridized carbons (Fsp3) is 0.0517. The van der Waals surface area contributed by atoms with Crippen LogP contribution in [-0.2, 0) is 28.6 Å². The number of imide groups is 1. The summed E-state index contributed by atoms with van der Waals surface area (Å²) in [5.41, 5.74) is 3.37. The summed E-state index contributed by atoms with van der Waals surface area (Å²) in [7, 11) is 0. The van der Waals surface area contributed by atoms with E-state index < -0.39 is 35.4 Å². The second-order valence-electron chi connectivity index (χ2n) is 17.4. The molecule has 0 aliphatic heterocycles. The maximum absolute atomic E-state index is 13.4. The van der Waals surface area contributed by atoms with Gasteiger partial charge in [0.25, 0.3) is 5.91 Å². The molecule has 0 unspecified atom stereocenters. The van der Waals surface area contributed by atoms with Crippen molar-refractivity contribution in [1.29, 1.82) is 0 Å². The molecule has 0 fully saturated rings. The number of fused-ring (bicyclic) bond motifs is 2.